The highest BCUT2D eigenvalue weighted by Crippen LogP contribution is 2.46. The van der Waals surface area contributed by atoms with Crippen molar-refractivity contribution in [1.82, 2.24) is 4.90 Å². The zero-order valence-corrected chi connectivity index (χ0v) is 12.9. The van der Waals surface area contributed by atoms with Gasteiger partial charge in [-0.15, -0.1) is 0 Å². The summed E-state index contributed by atoms with van der Waals surface area (Å²) >= 11 is 0. The van der Waals surface area contributed by atoms with Crippen molar-refractivity contribution in [3.63, 3.8) is 0 Å². The maximum Gasteiger partial charge on any atom is 0.119 e. The van der Waals surface area contributed by atoms with Gasteiger partial charge in [0.2, 0.25) is 0 Å². The summed E-state index contributed by atoms with van der Waals surface area (Å²) in [5.74, 6) is 0.898. The van der Waals surface area contributed by atoms with Crippen LogP contribution >= 0.6 is 0 Å². The van der Waals surface area contributed by atoms with Gasteiger partial charge in [0.15, 0.2) is 0 Å². The van der Waals surface area contributed by atoms with Gasteiger partial charge in [-0.3, -0.25) is 0 Å². The maximum atomic E-state index is 11.9. The predicted molar refractivity (Wildman–Crippen MR) is 88.5 cm³/mol. The molecule has 2 heteroatoms. The summed E-state index contributed by atoms with van der Waals surface area (Å²) in [4.78, 5) is 2.52. The molecule has 0 saturated carbocycles. The third-order valence-electron chi connectivity index (χ3n) is 5.62. The second-order valence-corrected chi connectivity index (χ2v) is 6.74. The molecule has 2 bridgehead atoms. The molecule has 0 spiro atoms. The third-order valence-corrected chi connectivity index (χ3v) is 5.62. The zero-order valence-electron chi connectivity index (χ0n) is 12.9. The van der Waals surface area contributed by atoms with Crippen LogP contribution in [0.5, 0.6) is 0 Å². The molecular formula is C20H23NO. The lowest BCUT2D eigenvalue weighted by Gasteiger charge is -2.51. The van der Waals surface area contributed by atoms with Gasteiger partial charge in [-0.05, 0) is 43.0 Å². The largest absolute Gasteiger partial charge is 0.380 e. The summed E-state index contributed by atoms with van der Waals surface area (Å²) < 4.78 is 0. The number of aliphatic hydroxyl groups is 1. The minimum Gasteiger partial charge on any atom is -0.380 e. The summed E-state index contributed by atoms with van der Waals surface area (Å²) in [6.07, 6.45) is 2.43. The molecule has 3 heterocycles. The number of hydrogen-bond acceptors (Lipinski definition) is 2. The molecule has 0 aromatic heterocycles. The summed E-state index contributed by atoms with van der Waals surface area (Å²) in [6.45, 7) is 3.40. The first-order valence-corrected chi connectivity index (χ1v) is 8.34. The molecule has 3 fully saturated rings. The van der Waals surface area contributed by atoms with Crippen LogP contribution in [0.4, 0.5) is 0 Å². The lowest BCUT2D eigenvalue weighted by atomic mass is 9.65. The zero-order chi connectivity index (χ0) is 15.0. The van der Waals surface area contributed by atoms with Gasteiger partial charge in [0, 0.05) is 12.5 Å². The third kappa shape index (κ3) is 2.18. The van der Waals surface area contributed by atoms with Crippen molar-refractivity contribution >= 4 is 0 Å². The normalized spacial score (nSPS) is 27.8. The molecule has 2 aromatic rings. The van der Waals surface area contributed by atoms with Gasteiger partial charge in [0.1, 0.15) is 5.60 Å². The molecule has 2 aromatic carbocycles. The van der Waals surface area contributed by atoms with Gasteiger partial charge in [-0.25, -0.2) is 0 Å². The fourth-order valence-corrected chi connectivity index (χ4v) is 4.42. The Bertz CT molecular complexity index is 577. The molecular weight excluding hydrogens is 270 g/mol. The number of nitrogens with zero attached hydrogens (tertiary/aromatic N) is 1. The van der Waals surface area contributed by atoms with E-state index >= 15 is 0 Å². The van der Waals surface area contributed by atoms with Crippen LogP contribution < -0.4 is 0 Å². The van der Waals surface area contributed by atoms with E-state index in [0.29, 0.717) is 5.92 Å². The lowest BCUT2D eigenvalue weighted by molar-refractivity contribution is -0.0764. The standard InChI is InChI=1S/C20H23NO/c22-20(17-7-3-1-4-8-17,18-9-5-2-6-10-18)19-15-21-13-11-16(19)12-14-21/h1-10,16,19,22H,11-15H2/t19-/m0/s1. The van der Waals surface area contributed by atoms with Crippen LogP contribution in [-0.4, -0.2) is 29.6 Å². The fourth-order valence-electron chi connectivity index (χ4n) is 4.42. The van der Waals surface area contributed by atoms with Gasteiger partial charge in [-0.2, -0.15) is 0 Å². The summed E-state index contributed by atoms with van der Waals surface area (Å²) in [5.41, 5.74) is 1.17. The van der Waals surface area contributed by atoms with Crippen LogP contribution in [0.2, 0.25) is 0 Å². The number of fused-ring (bicyclic) bond motifs is 3. The smallest absolute Gasteiger partial charge is 0.119 e. The molecule has 0 aliphatic carbocycles. The molecule has 0 unspecified atom stereocenters. The maximum absolute atomic E-state index is 11.9. The quantitative estimate of drug-likeness (QED) is 0.939. The lowest BCUT2D eigenvalue weighted by Crippen LogP contribution is -2.55. The van der Waals surface area contributed by atoms with Crippen molar-refractivity contribution in [2.24, 2.45) is 11.8 Å². The molecule has 3 aliphatic heterocycles. The van der Waals surface area contributed by atoms with E-state index in [0.717, 1.165) is 17.7 Å². The van der Waals surface area contributed by atoms with Crippen molar-refractivity contribution in [2.45, 2.75) is 18.4 Å². The molecule has 3 aliphatic rings. The topological polar surface area (TPSA) is 23.5 Å². The van der Waals surface area contributed by atoms with Crippen LogP contribution in [0.15, 0.2) is 60.7 Å². The molecule has 0 radical (unpaired) electrons. The van der Waals surface area contributed by atoms with Crippen molar-refractivity contribution in [2.75, 3.05) is 19.6 Å². The van der Waals surface area contributed by atoms with Crippen LogP contribution in [0.1, 0.15) is 24.0 Å². The average Bonchev–Trinajstić information content (AvgIpc) is 2.63. The average molecular weight is 293 g/mol. The predicted octanol–water partition coefficient (Wildman–Crippen LogP) is 3.26. The number of piperidine rings is 3. The summed E-state index contributed by atoms with van der Waals surface area (Å²) in [6, 6.07) is 20.5. The Morgan fingerprint density at radius 2 is 1.32 bits per heavy atom. The Balaban J connectivity index is 1.82. The SMILES string of the molecule is OC(c1ccccc1)(c1ccccc1)[C@H]1CN2CCC1CC2. The molecule has 5 rings (SSSR count). The van der Waals surface area contributed by atoms with E-state index in [4.69, 9.17) is 0 Å². The minimum absolute atomic E-state index is 0.278. The van der Waals surface area contributed by atoms with Crippen molar-refractivity contribution < 1.29 is 5.11 Å². The van der Waals surface area contributed by atoms with Crippen molar-refractivity contribution in [1.29, 1.82) is 0 Å². The highest BCUT2D eigenvalue weighted by Gasteiger charge is 2.48. The first-order valence-electron chi connectivity index (χ1n) is 8.34. The fraction of sp³-hybridized carbons (Fsp3) is 0.400. The number of rotatable bonds is 3. The van der Waals surface area contributed by atoms with E-state index in [-0.39, 0.29) is 5.92 Å². The van der Waals surface area contributed by atoms with Gasteiger partial charge in [-0.1, -0.05) is 60.7 Å². The Hall–Kier alpha value is -1.64. The van der Waals surface area contributed by atoms with E-state index in [1.807, 2.05) is 36.4 Å². The van der Waals surface area contributed by atoms with E-state index in [2.05, 4.69) is 29.2 Å². The molecule has 22 heavy (non-hydrogen) atoms. The van der Waals surface area contributed by atoms with E-state index in [1.165, 1.54) is 25.9 Å². The Labute approximate surface area is 132 Å². The van der Waals surface area contributed by atoms with Gasteiger partial charge in [0.05, 0.1) is 0 Å². The van der Waals surface area contributed by atoms with Gasteiger partial charge in [0.25, 0.3) is 0 Å². The molecule has 1 atom stereocenters. The molecule has 0 amide bonds. The van der Waals surface area contributed by atoms with E-state index in [1.54, 1.807) is 0 Å². The second kappa shape index (κ2) is 5.53. The van der Waals surface area contributed by atoms with Gasteiger partial charge >= 0.3 is 0 Å². The van der Waals surface area contributed by atoms with Crippen molar-refractivity contribution in [3.8, 4) is 0 Å². The van der Waals surface area contributed by atoms with Crippen LogP contribution in [-0.2, 0) is 5.60 Å². The Morgan fingerprint density at radius 3 is 1.73 bits per heavy atom. The molecule has 2 nitrogen and oxygen atoms in total. The summed E-state index contributed by atoms with van der Waals surface area (Å²) in [7, 11) is 0. The second-order valence-electron chi connectivity index (χ2n) is 6.74. The van der Waals surface area contributed by atoms with Gasteiger partial charge < -0.3 is 10.0 Å². The first-order chi connectivity index (χ1) is 10.8. The molecule has 114 valence electrons. The van der Waals surface area contributed by atoms with Crippen molar-refractivity contribution in [3.05, 3.63) is 71.8 Å². The molecule has 1 N–H and O–H groups in total. The van der Waals surface area contributed by atoms with Crippen LogP contribution in [0.3, 0.4) is 0 Å². The first kappa shape index (κ1) is 14.0. The minimum atomic E-state index is -0.883. The van der Waals surface area contributed by atoms with Crippen LogP contribution in [0.25, 0.3) is 0 Å². The van der Waals surface area contributed by atoms with E-state index < -0.39 is 5.60 Å². The Kier molecular flexibility index (Phi) is 3.51. The highest BCUT2D eigenvalue weighted by atomic mass is 16.3. The van der Waals surface area contributed by atoms with Crippen LogP contribution in [0, 0.1) is 11.8 Å². The Morgan fingerprint density at radius 1 is 0.818 bits per heavy atom. The number of benzene rings is 2. The summed E-state index contributed by atoms with van der Waals surface area (Å²) in [5, 5.41) is 11.9. The van der Waals surface area contributed by atoms with E-state index in [9.17, 15) is 5.11 Å². The number of hydrogen-bond donors (Lipinski definition) is 1. The molecule has 3 saturated heterocycles. The highest BCUT2D eigenvalue weighted by molar-refractivity contribution is 5.37. The monoisotopic (exact) mass is 293 g/mol.